The highest BCUT2D eigenvalue weighted by Crippen LogP contribution is 2.08. The maximum Gasteiger partial charge on any atom is 0.195 e. The molecular formula is C7H8O2. The van der Waals surface area contributed by atoms with Crippen molar-refractivity contribution in [3.05, 3.63) is 23.7 Å². The number of rotatable bonds is 1. The van der Waals surface area contributed by atoms with E-state index in [1.165, 1.54) is 13.2 Å². The molecule has 0 aliphatic carbocycles. The van der Waals surface area contributed by atoms with Gasteiger partial charge in [-0.25, -0.2) is 0 Å². The average molecular weight is 124 g/mol. The number of hydrogen-bond acceptors (Lipinski definition) is 2. The molecule has 1 heterocycles. The highest BCUT2D eigenvalue weighted by atomic mass is 16.3. The number of furan rings is 1. The summed E-state index contributed by atoms with van der Waals surface area (Å²) in [7, 11) is 0. The monoisotopic (exact) mass is 124 g/mol. The second-order valence-electron chi connectivity index (χ2n) is 1.99. The summed E-state index contributed by atoms with van der Waals surface area (Å²) in [4.78, 5) is 10.6. The number of aryl methyl sites for hydroxylation is 1. The molecule has 0 unspecified atom stereocenters. The largest absolute Gasteiger partial charge is 0.461 e. The van der Waals surface area contributed by atoms with E-state index in [9.17, 15) is 4.79 Å². The molecule has 0 atom stereocenters. The fraction of sp³-hybridized carbons (Fsp3) is 0.286. The number of Topliss-reactive ketones (excluding diaryl/α,β-unsaturated/α-hetero) is 1. The van der Waals surface area contributed by atoms with Gasteiger partial charge in [-0.3, -0.25) is 4.79 Å². The van der Waals surface area contributed by atoms with Crippen LogP contribution in [0.1, 0.15) is 23.0 Å². The van der Waals surface area contributed by atoms with E-state index in [0.717, 1.165) is 5.56 Å². The van der Waals surface area contributed by atoms with Crippen molar-refractivity contribution >= 4 is 5.78 Å². The van der Waals surface area contributed by atoms with Gasteiger partial charge in [0.15, 0.2) is 11.5 Å². The van der Waals surface area contributed by atoms with Gasteiger partial charge in [0.25, 0.3) is 0 Å². The summed E-state index contributed by atoms with van der Waals surface area (Å²) < 4.78 is 4.88. The lowest BCUT2D eigenvalue weighted by Gasteiger charge is -1.86. The van der Waals surface area contributed by atoms with Crippen LogP contribution in [0.3, 0.4) is 0 Å². The number of carbonyl (C=O) groups is 1. The van der Waals surface area contributed by atoms with Crippen LogP contribution in [0.15, 0.2) is 16.7 Å². The van der Waals surface area contributed by atoms with Gasteiger partial charge in [0.2, 0.25) is 0 Å². The zero-order valence-corrected chi connectivity index (χ0v) is 5.47. The SMILES string of the molecule is CC(=O)c1occc1C. The second kappa shape index (κ2) is 2.05. The van der Waals surface area contributed by atoms with E-state index in [0.29, 0.717) is 5.76 Å². The summed E-state index contributed by atoms with van der Waals surface area (Å²) in [6.45, 7) is 3.34. The summed E-state index contributed by atoms with van der Waals surface area (Å²) in [5.74, 6) is 0.451. The van der Waals surface area contributed by atoms with Crippen LogP contribution in [0.5, 0.6) is 0 Å². The van der Waals surface area contributed by atoms with Gasteiger partial charge in [-0.15, -0.1) is 0 Å². The van der Waals surface area contributed by atoms with Crippen LogP contribution in [0.25, 0.3) is 0 Å². The quantitative estimate of drug-likeness (QED) is 0.534. The third-order valence-corrected chi connectivity index (χ3v) is 1.18. The second-order valence-corrected chi connectivity index (χ2v) is 1.99. The first kappa shape index (κ1) is 6.08. The summed E-state index contributed by atoms with van der Waals surface area (Å²) in [5.41, 5.74) is 0.905. The zero-order chi connectivity index (χ0) is 6.85. The molecule has 0 spiro atoms. The molecule has 0 saturated carbocycles. The molecule has 9 heavy (non-hydrogen) atoms. The van der Waals surface area contributed by atoms with Crippen LogP contribution < -0.4 is 0 Å². The minimum Gasteiger partial charge on any atom is -0.461 e. The van der Waals surface area contributed by atoms with Crippen molar-refractivity contribution in [2.24, 2.45) is 0 Å². The fourth-order valence-electron chi connectivity index (χ4n) is 0.733. The number of hydrogen-bond donors (Lipinski definition) is 0. The van der Waals surface area contributed by atoms with Gasteiger partial charge in [-0.1, -0.05) is 0 Å². The van der Waals surface area contributed by atoms with Crippen molar-refractivity contribution < 1.29 is 9.21 Å². The standard InChI is InChI=1S/C7H8O2/c1-5-3-4-9-7(5)6(2)8/h3-4H,1-2H3. The van der Waals surface area contributed by atoms with Gasteiger partial charge in [-0.2, -0.15) is 0 Å². The maximum atomic E-state index is 10.6. The van der Waals surface area contributed by atoms with Gasteiger partial charge >= 0.3 is 0 Å². The van der Waals surface area contributed by atoms with Gasteiger partial charge in [0.05, 0.1) is 6.26 Å². The Morgan fingerprint density at radius 2 is 2.33 bits per heavy atom. The first-order valence-electron chi connectivity index (χ1n) is 2.77. The van der Waals surface area contributed by atoms with E-state index in [4.69, 9.17) is 4.42 Å². The summed E-state index contributed by atoms with van der Waals surface area (Å²) in [6.07, 6.45) is 1.52. The maximum absolute atomic E-state index is 10.6. The fourth-order valence-corrected chi connectivity index (χ4v) is 0.733. The van der Waals surface area contributed by atoms with E-state index >= 15 is 0 Å². The van der Waals surface area contributed by atoms with Crippen LogP contribution >= 0.6 is 0 Å². The molecule has 0 fully saturated rings. The minimum atomic E-state index is -0.0162. The first-order valence-corrected chi connectivity index (χ1v) is 2.77. The predicted molar refractivity (Wildman–Crippen MR) is 33.4 cm³/mol. The molecule has 0 bridgehead atoms. The molecule has 0 aromatic carbocycles. The average Bonchev–Trinajstić information content (AvgIpc) is 2.13. The zero-order valence-electron chi connectivity index (χ0n) is 5.47. The van der Waals surface area contributed by atoms with E-state index in [-0.39, 0.29) is 5.78 Å². The summed E-state index contributed by atoms with van der Waals surface area (Å²) in [6, 6.07) is 1.77. The molecule has 0 radical (unpaired) electrons. The highest BCUT2D eigenvalue weighted by molar-refractivity contribution is 5.92. The summed E-state index contributed by atoms with van der Waals surface area (Å²) >= 11 is 0. The minimum absolute atomic E-state index is 0.0162. The van der Waals surface area contributed by atoms with E-state index in [1.807, 2.05) is 6.92 Å². The Balaban J connectivity index is 3.08. The number of carbonyl (C=O) groups excluding carboxylic acids is 1. The Hall–Kier alpha value is -1.05. The topological polar surface area (TPSA) is 30.2 Å². The molecule has 1 aromatic rings. The lowest BCUT2D eigenvalue weighted by atomic mass is 10.2. The molecule has 0 aliphatic rings. The first-order chi connectivity index (χ1) is 4.22. The van der Waals surface area contributed by atoms with Crippen molar-refractivity contribution in [3.8, 4) is 0 Å². The molecule has 0 N–H and O–H groups in total. The van der Waals surface area contributed by atoms with Crippen molar-refractivity contribution in [1.82, 2.24) is 0 Å². The van der Waals surface area contributed by atoms with Gasteiger partial charge in [0, 0.05) is 6.92 Å². The van der Waals surface area contributed by atoms with E-state index < -0.39 is 0 Å². The van der Waals surface area contributed by atoms with Gasteiger partial charge in [-0.05, 0) is 18.6 Å². The third kappa shape index (κ3) is 1.02. The highest BCUT2D eigenvalue weighted by Gasteiger charge is 2.04. The van der Waals surface area contributed by atoms with Crippen molar-refractivity contribution in [2.45, 2.75) is 13.8 Å². The molecule has 2 heteroatoms. The van der Waals surface area contributed by atoms with Crippen LogP contribution in [-0.2, 0) is 0 Å². The molecule has 0 aliphatic heterocycles. The molecule has 48 valence electrons. The molecule has 0 amide bonds. The Bertz CT molecular complexity index is 223. The van der Waals surface area contributed by atoms with Crippen LogP contribution in [0.4, 0.5) is 0 Å². The predicted octanol–water partition coefficient (Wildman–Crippen LogP) is 1.79. The van der Waals surface area contributed by atoms with E-state index in [1.54, 1.807) is 6.07 Å². The van der Waals surface area contributed by atoms with Gasteiger partial charge in [0.1, 0.15) is 0 Å². The smallest absolute Gasteiger partial charge is 0.195 e. The van der Waals surface area contributed by atoms with Crippen LogP contribution in [0.2, 0.25) is 0 Å². The Kier molecular flexibility index (Phi) is 1.39. The third-order valence-electron chi connectivity index (χ3n) is 1.18. The van der Waals surface area contributed by atoms with E-state index in [2.05, 4.69) is 0 Å². The van der Waals surface area contributed by atoms with Crippen LogP contribution in [0, 0.1) is 6.92 Å². The van der Waals surface area contributed by atoms with Crippen molar-refractivity contribution in [1.29, 1.82) is 0 Å². The molecular weight excluding hydrogens is 116 g/mol. The Morgan fingerprint density at radius 1 is 1.67 bits per heavy atom. The van der Waals surface area contributed by atoms with Crippen molar-refractivity contribution in [2.75, 3.05) is 0 Å². The molecule has 1 rings (SSSR count). The Labute approximate surface area is 53.5 Å². The van der Waals surface area contributed by atoms with Crippen LogP contribution in [-0.4, -0.2) is 5.78 Å². The molecule has 1 aromatic heterocycles. The number of ketones is 1. The van der Waals surface area contributed by atoms with Gasteiger partial charge < -0.3 is 4.42 Å². The lowest BCUT2D eigenvalue weighted by molar-refractivity contribution is 0.0986. The lowest BCUT2D eigenvalue weighted by Crippen LogP contribution is -1.89. The summed E-state index contributed by atoms with van der Waals surface area (Å²) in [5, 5.41) is 0. The van der Waals surface area contributed by atoms with Crippen molar-refractivity contribution in [3.63, 3.8) is 0 Å². The Morgan fingerprint density at radius 3 is 2.56 bits per heavy atom. The molecule has 2 nitrogen and oxygen atoms in total. The molecule has 0 saturated heterocycles. The normalized spacial score (nSPS) is 9.56.